The summed E-state index contributed by atoms with van der Waals surface area (Å²) < 4.78 is 42.1. The Balaban J connectivity index is 0.000000257. The maximum absolute atomic E-state index is 9.75. The second kappa shape index (κ2) is 5.83. The molecule has 0 saturated heterocycles. The molecule has 0 nitrogen and oxygen atoms in total. The summed E-state index contributed by atoms with van der Waals surface area (Å²) in [5, 5.41) is 2.89. The van der Waals surface area contributed by atoms with Crippen molar-refractivity contribution in [1.82, 2.24) is 0 Å². The lowest BCUT2D eigenvalue weighted by Gasteiger charge is -1.94. The molecule has 0 amide bonds. The molecule has 0 radical (unpaired) electrons. The van der Waals surface area contributed by atoms with Crippen LogP contribution in [0.2, 0.25) is 0 Å². The number of hydrogen-bond acceptors (Lipinski definition) is 0. The van der Waals surface area contributed by atoms with Crippen molar-refractivity contribution in [1.29, 1.82) is 0 Å². The molecule has 0 saturated carbocycles. The fraction of sp³-hybridized carbons (Fsp3) is 0.143. The molecule has 0 aliphatic rings. The maximum Gasteiger partial charge on any atom is 0.673 e. The van der Waals surface area contributed by atoms with Crippen molar-refractivity contribution < 1.29 is 17.3 Å². The third kappa shape index (κ3) is 3.31. The van der Waals surface area contributed by atoms with Gasteiger partial charge in [-0.2, -0.15) is 0 Å². The second-order valence-electron chi connectivity index (χ2n) is 4.17. The molecular weight excluding hydrogens is 287 g/mol. The SMILES string of the molecule is CC[s+]1c2ccccc2c2ccccc21.F[B-](F)(F)F. The summed E-state index contributed by atoms with van der Waals surface area (Å²) in [6.45, 7) is 2.28. The van der Waals surface area contributed by atoms with E-state index in [1.807, 2.05) is 0 Å². The van der Waals surface area contributed by atoms with Crippen molar-refractivity contribution in [2.75, 3.05) is 0 Å². The molecular formula is C14H13BF4S. The van der Waals surface area contributed by atoms with Crippen LogP contribution in [0.25, 0.3) is 20.2 Å². The number of thiophene rings is 1. The van der Waals surface area contributed by atoms with Crippen LogP contribution in [0.4, 0.5) is 17.3 Å². The zero-order chi connectivity index (χ0) is 14.8. The van der Waals surface area contributed by atoms with Crippen LogP contribution in [-0.4, -0.2) is 7.25 Å². The summed E-state index contributed by atoms with van der Waals surface area (Å²) in [5.74, 6) is 1.22. The molecule has 106 valence electrons. The van der Waals surface area contributed by atoms with E-state index in [1.165, 1.54) is 25.9 Å². The largest absolute Gasteiger partial charge is 0.673 e. The van der Waals surface area contributed by atoms with E-state index in [4.69, 9.17) is 0 Å². The van der Waals surface area contributed by atoms with Crippen molar-refractivity contribution in [3.63, 3.8) is 0 Å². The number of halogens is 4. The minimum atomic E-state index is -6.00. The standard InChI is InChI=1S/C14H13S.BF4/c1-2-15-13-9-5-3-7-11(13)12-8-4-6-10-14(12)15;2-1(3,4)5/h3-10H,2H2,1H3;/q+1;-1. The highest BCUT2D eigenvalue weighted by Crippen LogP contribution is 2.42. The summed E-state index contributed by atoms with van der Waals surface area (Å²) >= 11 is 0. The van der Waals surface area contributed by atoms with Crippen LogP contribution in [0.1, 0.15) is 6.92 Å². The molecule has 2 aromatic carbocycles. The Morgan fingerprint density at radius 3 is 1.50 bits per heavy atom. The summed E-state index contributed by atoms with van der Waals surface area (Å²) in [6, 6.07) is 17.6. The molecule has 0 aliphatic heterocycles. The van der Waals surface area contributed by atoms with Crippen molar-refractivity contribution >= 4 is 37.9 Å². The minimum absolute atomic E-state index is 0.316. The fourth-order valence-electron chi connectivity index (χ4n) is 2.24. The molecule has 3 aromatic rings. The first-order valence-electron chi connectivity index (χ1n) is 6.18. The highest BCUT2D eigenvalue weighted by atomic mass is 32.2. The lowest BCUT2D eigenvalue weighted by Crippen LogP contribution is -2.02. The number of hydrogen-bond donors (Lipinski definition) is 0. The quantitative estimate of drug-likeness (QED) is 0.291. The molecule has 0 N–H and O–H groups in total. The number of fused-ring (bicyclic) bond motifs is 3. The first-order valence-corrected chi connectivity index (χ1v) is 7.58. The Labute approximate surface area is 117 Å². The lowest BCUT2D eigenvalue weighted by atomic mass is 10.2. The maximum atomic E-state index is 9.75. The zero-order valence-corrected chi connectivity index (χ0v) is 11.6. The van der Waals surface area contributed by atoms with Crippen LogP contribution in [-0.2, 0) is 5.75 Å². The van der Waals surface area contributed by atoms with E-state index >= 15 is 0 Å². The molecule has 0 spiro atoms. The summed E-state index contributed by atoms with van der Waals surface area (Å²) in [6.07, 6.45) is 0. The zero-order valence-electron chi connectivity index (χ0n) is 10.8. The first kappa shape index (κ1) is 14.8. The molecule has 0 fully saturated rings. The Kier molecular flexibility index (Phi) is 4.33. The van der Waals surface area contributed by atoms with Crippen LogP contribution in [0.15, 0.2) is 48.5 Å². The predicted molar refractivity (Wildman–Crippen MR) is 79.8 cm³/mol. The van der Waals surface area contributed by atoms with Crippen molar-refractivity contribution in [3.8, 4) is 0 Å². The Bertz CT molecular complexity index is 659. The molecule has 1 aromatic heterocycles. The van der Waals surface area contributed by atoms with E-state index < -0.39 is 7.25 Å². The molecule has 0 aliphatic carbocycles. The fourth-order valence-corrected chi connectivity index (χ4v) is 4.47. The normalized spacial score (nSPS) is 11.4. The monoisotopic (exact) mass is 300 g/mol. The van der Waals surface area contributed by atoms with E-state index in [9.17, 15) is 17.3 Å². The van der Waals surface area contributed by atoms with Gasteiger partial charge in [0.15, 0.2) is 9.40 Å². The molecule has 20 heavy (non-hydrogen) atoms. The molecule has 6 heteroatoms. The van der Waals surface area contributed by atoms with Gasteiger partial charge >= 0.3 is 7.25 Å². The third-order valence-electron chi connectivity index (χ3n) is 2.88. The van der Waals surface area contributed by atoms with Crippen LogP contribution < -0.4 is 0 Å². The van der Waals surface area contributed by atoms with Gasteiger partial charge in [-0.25, -0.2) is 0 Å². The summed E-state index contributed by atoms with van der Waals surface area (Å²) in [7, 11) is -5.68. The topological polar surface area (TPSA) is 0 Å². The molecule has 0 atom stereocenters. The van der Waals surface area contributed by atoms with Gasteiger partial charge in [0, 0.05) is 10.8 Å². The van der Waals surface area contributed by atoms with Crippen LogP contribution in [0.3, 0.4) is 0 Å². The lowest BCUT2D eigenvalue weighted by molar-refractivity contribution is 0.368. The van der Waals surface area contributed by atoms with Crippen LogP contribution in [0, 0.1) is 0 Å². The van der Waals surface area contributed by atoms with Crippen LogP contribution >= 0.6 is 10.5 Å². The third-order valence-corrected chi connectivity index (χ3v) is 5.24. The predicted octanol–water partition coefficient (Wildman–Crippen LogP) is 6.06. The van der Waals surface area contributed by atoms with Gasteiger partial charge < -0.3 is 17.3 Å². The number of benzene rings is 2. The van der Waals surface area contributed by atoms with Gasteiger partial charge in [0.05, 0.1) is 0 Å². The Hall–Kier alpha value is -1.56. The van der Waals surface area contributed by atoms with E-state index in [0.717, 1.165) is 0 Å². The summed E-state index contributed by atoms with van der Waals surface area (Å²) in [4.78, 5) is 0. The molecule has 0 unspecified atom stereocenters. The van der Waals surface area contributed by atoms with E-state index in [2.05, 4.69) is 55.5 Å². The Morgan fingerprint density at radius 1 is 0.800 bits per heavy atom. The van der Waals surface area contributed by atoms with E-state index in [0.29, 0.717) is 10.5 Å². The van der Waals surface area contributed by atoms with Gasteiger partial charge in [-0.3, -0.25) is 0 Å². The highest BCUT2D eigenvalue weighted by Gasteiger charge is 2.20. The second-order valence-corrected chi connectivity index (χ2v) is 6.41. The van der Waals surface area contributed by atoms with Crippen molar-refractivity contribution in [3.05, 3.63) is 48.5 Å². The highest BCUT2D eigenvalue weighted by molar-refractivity contribution is 7.42. The van der Waals surface area contributed by atoms with Gasteiger partial charge in [0.1, 0.15) is 5.75 Å². The van der Waals surface area contributed by atoms with Crippen LogP contribution in [0.5, 0.6) is 0 Å². The molecule has 1 heterocycles. The number of aryl methyl sites for hydroxylation is 1. The molecule has 3 rings (SSSR count). The van der Waals surface area contributed by atoms with Gasteiger partial charge in [0.25, 0.3) is 0 Å². The van der Waals surface area contributed by atoms with Gasteiger partial charge in [-0.05, 0) is 41.7 Å². The van der Waals surface area contributed by atoms with Gasteiger partial charge in [0.2, 0.25) is 0 Å². The average Bonchev–Trinajstić information content (AvgIpc) is 2.71. The first-order chi connectivity index (χ1) is 9.42. The average molecular weight is 300 g/mol. The Morgan fingerprint density at radius 2 is 1.15 bits per heavy atom. The van der Waals surface area contributed by atoms with E-state index in [-0.39, 0.29) is 0 Å². The van der Waals surface area contributed by atoms with Crippen molar-refractivity contribution in [2.24, 2.45) is 0 Å². The molecule has 0 bridgehead atoms. The summed E-state index contributed by atoms with van der Waals surface area (Å²) in [5.41, 5.74) is 0. The van der Waals surface area contributed by atoms with Gasteiger partial charge in [-0.15, -0.1) is 0 Å². The van der Waals surface area contributed by atoms with Crippen molar-refractivity contribution in [2.45, 2.75) is 12.7 Å². The van der Waals surface area contributed by atoms with E-state index in [1.54, 1.807) is 0 Å². The minimum Gasteiger partial charge on any atom is -0.418 e. The smallest absolute Gasteiger partial charge is 0.418 e. The van der Waals surface area contributed by atoms with Gasteiger partial charge in [-0.1, -0.05) is 24.3 Å². The number of rotatable bonds is 1.